The number of rotatable bonds is 5. The first kappa shape index (κ1) is 17.4. The molecule has 0 aliphatic heterocycles. The van der Waals surface area contributed by atoms with Gasteiger partial charge in [-0.15, -0.1) is 0 Å². The van der Waals surface area contributed by atoms with E-state index in [1.54, 1.807) is 24.3 Å². The molecule has 1 fully saturated rings. The lowest BCUT2D eigenvalue weighted by Gasteiger charge is -2.23. The van der Waals surface area contributed by atoms with Crippen LogP contribution in [0.2, 0.25) is 0 Å². The Hall–Kier alpha value is -2.43. The van der Waals surface area contributed by atoms with Crippen LogP contribution in [0.4, 0.5) is 8.78 Å². The summed E-state index contributed by atoms with van der Waals surface area (Å²) in [6, 6.07) is 11.1. The molecule has 3 nitrogen and oxygen atoms in total. The Kier molecular flexibility index (Phi) is 5.64. The second-order valence-electron chi connectivity index (χ2n) is 6.20. The van der Waals surface area contributed by atoms with E-state index in [9.17, 15) is 13.6 Å². The summed E-state index contributed by atoms with van der Waals surface area (Å²) in [5.41, 5.74) is 0.0563. The van der Waals surface area contributed by atoms with Gasteiger partial charge in [-0.3, -0.25) is 0 Å². The van der Waals surface area contributed by atoms with Gasteiger partial charge < -0.3 is 9.47 Å². The number of ether oxygens (including phenoxy) is 2. The maximum absolute atomic E-state index is 14.2. The molecule has 132 valence electrons. The van der Waals surface area contributed by atoms with Crippen LogP contribution < -0.4 is 4.74 Å². The summed E-state index contributed by atoms with van der Waals surface area (Å²) in [4.78, 5) is 12.0. The van der Waals surface area contributed by atoms with E-state index in [-0.39, 0.29) is 18.5 Å². The van der Waals surface area contributed by atoms with Crippen LogP contribution in [0.5, 0.6) is 5.75 Å². The van der Waals surface area contributed by atoms with E-state index >= 15 is 0 Å². The second-order valence-corrected chi connectivity index (χ2v) is 6.20. The van der Waals surface area contributed by atoms with Gasteiger partial charge in [0.25, 0.3) is 0 Å². The van der Waals surface area contributed by atoms with Crippen LogP contribution in [-0.4, -0.2) is 12.1 Å². The van der Waals surface area contributed by atoms with Crippen molar-refractivity contribution >= 4 is 5.97 Å². The molecule has 3 rings (SSSR count). The summed E-state index contributed by atoms with van der Waals surface area (Å²) in [5.74, 6) is -2.85. The van der Waals surface area contributed by atoms with Crippen molar-refractivity contribution in [2.75, 3.05) is 0 Å². The van der Waals surface area contributed by atoms with Gasteiger partial charge in [-0.1, -0.05) is 36.8 Å². The molecule has 0 atom stereocenters. The minimum absolute atomic E-state index is 0.0246. The predicted octanol–water partition coefficient (Wildman–Crippen LogP) is 5.03. The van der Waals surface area contributed by atoms with Gasteiger partial charge in [0.15, 0.2) is 0 Å². The van der Waals surface area contributed by atoms with Gasteiger partial charge in [-0.25, -0.2) is 13.6 Å². The van der Waals surface area contributed by atoms with Crippen LogP contribution in [0, 0.1) is 11.6 Å². The van der Waals surface area contributed by atoms with Crippen LogP contribution in [0.1, 0.15) is 48.0 Å². The molecule has 0 spiro atoms. The minimum Gasteiger partial charge on any atom is -0.490 e. The summed E-state index contributed by atoms with van der Waals surface area (Å²) < 4.78 is 39.1. The highest BCUT2D eigenvalue weighted by Crippen LogP contribution is 2.27. The van der Waals surface area contributed by atoms with E-state index in [1.807, 2.05) is 6.07 Å². The zero-order chi connectivity index (χ0) is 17.6. The molecule has 1 aliphatic rings. The van der Waals surface area contributed by atoms with Crippen LogP contribution in [0.3, 0.4) is 0 Å². The fourth-order valence-corrected chi connectivity index (χ4v) is 2.98. The zero-order valence-electron chi connectivity index (χ0n) is 13.8. The first-order chi connectivity index (χ1) is 12.1. The molecule has 0 saturated heterocycles. The van der Waals surface area contributed by atoms with Crippen molar-refractivity contribution in [2.45, 2.75) is 44.8 Å². The number of hydrogen-bond donors (Lipinski definition) is 0. The molecule has 0 aromatic heterocycles. The van der Waals surface area contributed by atoms with Crippen molar-refractivity contribution in [3.05, 3.63) is 65.2 Å². The molecule has 2 aromatic carbocycles. The number of esters is 1. The molecule has 2 aromatic rings. The number of hydrogen-bond acceptors (Lipinski definition) is 3. The Morgan fingerprint density at radius 2 is 1.64 bits per heavy atom. The molecule has 5 heteroatoms. The van der Waals surface area contributed by atoms with Crippen molar-refractivity contribution in [3.63, 3.8) is 0 Å². The van der Waals surface area contributed by atoms with Crippen LogP contribution in [0.25, 0.3) is 0 Å². The maximum atomic E-state index is 14.2. The lowest BCUT2D eigenvalue weighted by molar-refractivity contribution is 0.0461. The van der Waals surface area contributed by atoms with Crippen molar-refractivity contribution in [1.29, 1.82) is 0 Å². The summed E-state index contributed by atoms with van der Waals surface area (Å²) in [6.07, 6.45) is 5.01. The summed E-state index contributed by atoms with van der Waals surface area (Å²) >= 11 is 0. The highest BCUT2D eigenvalue weighted by atomic mass is 19.1. The summed E-state index contributed by atoms with van der Waals surface area (Å²) in [6.45, 7) is -0.0428. The van der Waals surface area contributed by atoms with Crippen molar-refractivity contribution in [2.24, 2.45) is 0 Å². The Morgan fingerprint density at radius 1 is 1.00 bits per heavy atom. The quantitative estimate of drug-likeness (QED) is 0.712. The number of carbonyl (C=O) groups is 1. The summed E-state index contributed by atoms with van der Waals surface area (Å²) in [7, 11) is 0. The lowest BCUT2D eigenvalue weighted by atomic mass is 9.98. The minimum atomic E-state index is -1.02. The van der Waals surface area contributed by atoms with Crippen molar-refractivity contribution < 1.29 is 23.0 Å². The molecule has 1 aliphatic carbocycles. The molecule has 0 amide bonds. The summed E-state index contributed by atoms with van der Waals surface area (Å²) in [5, 5.41) is 0. The fourth-order valence-electron chi connectivity index (χ4n) is 2.98. The van der Waals surface area contributed by atoms with Gasteiger partial charge in [0.05, 0.1) is 6.10 Å². The molecule has 25 heavy (non-hydrogen) atoms. The highest BCUT2D eigenvalue weighted by molar-refractivity contribution is 5.90. The molecule has 0 unspecified atom stereocenters. The monoisotopic (exact) mass is 346 g/mol. The zero-order valence-corrected chi connectivity index (χ0v) is 13.8. The Labute approximate surface area is 145 Å². The van der Waals surface area contributed by atoms with E-state index < -0.39 is 23.2 Å². The smallest absolute Gasteiger partial charge is 0.344 e. The van der Waals surface area contributed by atoms with Gasteiger partial charge in [0.2, 0.25) is 0 Å². The van der Waals surface area contributed by atoms with Gasteiger partial charge in [0.1, 0.15) is 29.6 Å². The average molecular weight is 346 g/mol. The first-order valence-electron chi connectivity index (χ1n) is 8.50. The van der Waals surface area contributed by atoms with Gasteiger partial charge in [0, 0.05) is 12.1 Å². The van der Waals surface area contributed by atoms with Crippen LogP contribution in [0.15, 0.2) is 42.5 Å². The normalized spacial score (nSPS) is 15.0. The molecule has 0 heterocycles. The van der Waals surface area contributed by atoms with E-state index in [1.165, 1.54) is 0 Å². The predicted molar refractivity (Wildman–Crippen MR) is 89.4 cm³/mol. The largest absolute Gasteiger partial charge is 0.490 e. The Morgan fingerprint density at radius 3 is 2.28 bits per heavy atom. The number of benzene rings is 2. The standard InChI is InChI=1S/C20H20F2O3/c21-17-11-16(25-15-9-5-2-6-10-15)12-18(22)19(17)20(23)24-13-14-7-3-1-4-8-14/h1,3-4,7-8,11-12,15H,2,5-6,9-10,13H2. The molecule has 0 radical (unpaired) electrons. The van der Waals surface area contributed by atoms with Crippen molar-refractivity contribution in [1.82, 2.24) is 0 Å². The van der Waals surface area contributed by atoms with Crippen LogP contribution in [-0.2, 0) is 11.3 Å². The third kappa shape index (κ3) is 4.56. The molecule has 0 N–H and O–H groups in total. The van der Waals surface area contributed by atoms with Gasteiger partial charge in [-0.2, -0.15) is 0 Å². The van der Waals surface area contributed by atoms with E-state index in [0.29, 0.717) is 0 Å². The van der Waals surface area contributed by atoms with Crippen molar-refractivity contribution in [3.8, 4) is 5.75 Å². The van der Waals surface area contributed by atoms with Crippen LogP contribution >= 0.6 is 0 Å². The number of carbonyl (C=O) groups excluding carboxylic acids is 1. The second kappa shape index (κ2) is 8.10. The topological polar surface area (TPSA) is 35.5 Å². The third-order valence-electron chi connectivity index (χ3n) is 4.29. The van der Waals surface area contributed by atoms with E-state index in [0.717, 1.165) is 49.8 Å². The average Bonchev–Trinajstić information content (AvgIpc) is 2.61. The fraction of sp³-hybridized carbons (Fsp3) is 0.350. The van der Waals surface area contributed by atoms with E-state index in [4.69, 9.17) is 9.47 Å². The molecular formula is C20H20F2O3. The highest BCUT2D eigenvalue weighted by Gasteiger charge is 2.22. The SMILES string of the molecule is O=C(OCc1ccccc1)c1c(F)cc(OC2CCCCC2)cc1F. The molecule has 0 bridgehead atoms. The third-order valence-corrected chi connectivity index (χ3v) is 4.29. The Bertz CT molecular complexity index is 702. The van der Waals surface area contributed by atoms with E-state index in [2.05, 4.69) is 0 Å². The number of halogens is 2. The van der Waals surface area contributed by atoms with Gasteiger partial charge >= 0.3 is 5.97 Å². The first-order valence-corrected chi connectivity index (χ1v) is 8.50. The molecular weight excluding hydrogens is 326 g/mol. The van der Waals surface area contributed by atoms with Gasteiger partial charge in [-0.05, 0) is 31.2 Å². The Balaban J connectivity index is 1.67. The molecule has 1 saturated carbocycles. The maximum Gasteiger partial charge on any atom is 0.344 e. The lowest BCUT2D eigenvalue weighted by Crippen LogP contribution is -2.20.